The quantitative estimate of drug-likeness (QED) is 0.669. The first kappa shape index (κ1) is 10.1. The average Bonchev–Trinajstić information content (AvgIpc) is 2.75. The van der Waals surface area contributed by atoms with Crippen LogP contribution in [0.1, 0.15) is 29.5 Å². The zero-order chi connectivity index (χ0) is 11.0. The van der Waals surface area contributed by atoms with E-state index in [4.69, 9.17) is 0 Å². The van der Waals surface area contributed by atoms with E-state index in [1.807, 2.05) is 11.3 Å². The van der Waals surface area contributed by atoms with E-state index in [0.717, 1.165) is 0 Å². The van der Waals surface area contributed by atoms with Crippen molar-refractivity contribution in [1.82, 2.24) is 0 Å². The Labute approximate surface area is 101 Å². The first-order valence-corrected chi connectivity index (χ1v) is 6.89. The van der Waals surface area contributed by atoms with E-state index < -0.39 is 0 Å². The topological polar surface area (TPSA) is 0 Å². The van der Waals surface area contributed by atoms with Gasteiger partial charge < -0.3 is 0 Å². The molecule has 0 radical (unpaired) electrons. The Morgan fingerprint density at radius 1 is 1.00 bits per heavy atom. The number of rotatable bonds is 1. The third-order valence-corrected chi connectivity index (χ3v) is 4.54. The third kappa shape index (κ3) is 1.69. The molecule has 1 aliphatic carbocycles. The Hall–Kier alpha value is -1.08. The van der Waals surface area contributed by atoms with Crippen molar-refractivity contribution in [2.24, 2.45) is 0 Å². The number of hydrogen-bond acceptors (Lipinski definition) is 1. The van der Waals surface area contributed by atoms with Crippen molar-refractivity contribution in [3.8, 4) is 10.4 Å². The van der Waals surface area contributed by atoms with Crippen molar-refractivity contribution in [2.75, 3.05) is 0 Å². The first-order valence-electron chi connectivity index (χ1n) is 6.01. The lowest BCUT2D eigenvalue weighted by Gasteiger charge is -2.16. The Morgan fingerprint density at radius 2 is 1.81 bits per heavy atom. The van der Waals surface area contributed by atoms with E-state index in [1.54, 1.807) is 11.1 Å². The van der Waals surface area contributed by atoms with E-state index in [2.05, 4.69) is 36.6 Å². The molecule has 2 aromatic rings. The largest absolute Gasteiger partial charge is 0.144 e. The third-order valence-electron chi connectivity index (χ3n) is 3.47. The lowest BCUT2D eigenvalue weighted by atomic mass is 9.90. The van der Waals surface area contributed by atoms with Crippen LogP contribution in [0.25, 0.3) is 10.4 Å². The molecule has 0 nitrogen and oxygen atoms in total. The summed E-state index contributed by atoms with van der Waals surface area (Å²) in [6.07, 6.45) is 5.27. The van der Waals surface area contributed by atoms with Crippen LogP contribution in [0, 0.1) is 6.92 Å². The van der Waals surface area contributed by atoms with Crippen LogP contribution < -0.4 is 0 Å². The van der Waals surface area contributed by atoms with Gasteiger partial charge in [-0.2, -0.15) is 0 Å². The molecular formula is C15H16S. The van der Waals surface area contributed by atoms with Crippen LogP contribution in [0.4, 0.5) is 0 Å². The second-order valence-corrected chi connectivity index (χ2v) is 5.54. The summed E-state index contributed by atoms with van der Waals surface area (Å²) in [5.74, 6) is 0. The molecule has 1 aromatic heterocycles. The molecule has 82 valence electrons. The highest BCUT2D eigenvalue weighted by molar-refractivity contribution is 7.13. The summed E-state index contributed by atoms with van der Waals surface area (Å²) in [5, 5.41) is 2.18. The molecule has 16 heavy (non-hydrogen) atoms. The summed E-state index contributed by atoms with van der Waals surface area (Å²) in [6, 6.07) is 9.25. The number of benzene rings is 1. The van der Waals surface area contributed by atoms with E-state index in [1.165, 1.54) is 41.7 Å². The lowest BCUT2D eigenvalue weighted by Crippen LogP contribution is -2.02. The Balaban J connectivity index is 2.06. The van der Waals surface area contributed by atoms with Gasteiger partial charge in [0.1, 0.15) is 0 Å². The molecule has 0 aliphatic heterocycles. The summed E-state index contributed by atoms with van der Waals surface area (Å²) in [4.78, 5) is 1.44. The van der Waals surface area contributed by atoms with Crippen molar-refractivity contribution in [3.05, 3.63) is 46.3 Å². The minimum Gasteiger partial charge on any atom is -0.144 e. The van der Waals surface area contributed by atoms with Gasteiger partial charge in [-0.1, -0.05) is 18.2 Å². The minimum atomic E-state index is 1.27. The Bertz CT molecular complexity index is 508. The van der Waals surface area contributed by atoms with Crippen LogP contribution in [-0.4, -0.2) is 0 Å². The maximum Gasteiger partial charge on any atom is 0.0371 e. The summed E-state index contributed by atoms with van der Waals surface area (Å²) < 4.78 is 0. The van der Waals surface area contributed by atoms with Gasteiger partial charge in [-0.25, -0.2) is 0 Å². The maximum absolute atomic E-state index is 2.41. The van der Waals surface area contributed by atoms with Crippen LogP contribution in [0.2, 0.25) is 0 Å². The number of aryl methyl sites for hydroxylation is 3. The van der Waals surface area contributed by atoms with Crippen molar-refractivity contribution in [1.29, 1.82) is 0 Å². The Morgan fingerprint density at radius 3 is 2.56 bits per heavy atom. The molecule has 1 heterocycles. The number of hydrogen-bond donors (Lipinski definition) is 0. The number of fused-ring (bicyclic) bond motifs is 1. The van der Waals surface area contributed by atoms with Crippen molar-refractivity contribution in [2.45, 2.75) is 32.6 Å². The molecule has 0 saturated carbocycles. The monoisotopic (exact) mass is 228 g/mol. The fourth-order valence-corrected chi connectivity index (χ4v) is 3.47. The van der Waals surface area contributed by atoms with Crippen molar-refractivity contribution >= 4 is 11.3 Å². The zero-order valence-electron chi connectivity index (χ0n) is 9.62. The van der Waals surface area contributed by atoms with Gasteiger partial charge in [0.25, 0.3) is 0 Å². The van der Waals surface area contributed by atoms with Crippen LogP contribution in [-0.2, 0) is 12.8 Å². The van der Waals surface area contributed by atoms with Crippen LogP contribution in [0.5, 0.6) is 0 Å². The fraction of sp³-hybridized carbons (Fsp3) is 0.333. The van der Waals surface area contributed by atoms with Gasteiger partial charge in [-0.3, -0.25) is 0 Å². The molecular weight excluding hydrogens is 212 g/mol. The van der Waals surface area contributed by atoms with Crippen LogP contribution in [0.3, 0.4) is 0 Å². The standard InChI is InChI=1S/C15H16S/c1-11-8-9-16-15(11)14-7-6-12-4-2-3-5-13(12)10-14/h6-10H,2-5H2,1H3. The first-order chi connectivity index (χ1) is 7.84. The molecule has 0 atom stereocenters. The minimum absolute atomic E-state index is 1.27. The second kappa shape index (κ2) is 4.06. The molecule has 3 rings (SSSR count). The van der Waals surface area contributed by atoms with E-state index in [0.29, 0.717) is 0 Å². The number of thiophene rings is 1. The van der Waals surface area contributed by atoms with Gasteiger partial charge in [0, 0.05) is 4.88 Å². The Kier molecular flexibility index (Phi) is 2.56. The molecule has 0 saturated heterocycles. The highest BCUT2D eigenvalue weighted by Gasteiger charge is 2.11. The van der Waals surface area contributed by atoms with Crippen LogP contribution in [0.15, 0.2) is 29.6 Å². The molecule has 1 aromatic carbocycles. The van der Waals surface area contributed by atoms with Gasteiger partial charge >= 0.3 is 0 Å². The van der Waals surface area contributed by atoms with E-state index in [9.17, 15) is 0 Å². The van der Waals surface area contributed by atoms with Gasteiger partial charge in [0.2, 0.25) is 0 Å². The normalized spacial score (nSPS) is 14.8. The zero-order valence-corrected chi connectivity index (χ0v) is 10.4. The average molecular weight is 228 g/mol. The fourth-order valence-electron chi connectivity index (χ4n) is 2.54. The molecule has 0 unspecified atom stereocenters. The highest BCUT2D eigenvalue weighted by Crippen LogP contribution is 2.32. The molecule has 0 spiro atoms. The summed E-state index contributed by atoms with van der Waals surface area (Å²) in [7, 11) is 0. The molecule has 0 N–H and O–H groups in total. The SMILES string of the molecule is Cc1ccsc1-c1ccc2c(c1)CCCC2. The summed E-state index contributed by atoms with van der Waals surface area (Å²) >= 11 is 1.85. The maximum atomic E-state index is 2.41. The molecule has 0 fully saturated rings. The molecule has 0 bridgehead atoms. The highest BCUT2D eigenvalue weighted by atomic mass is 32.1. The van der Waals surface area contributed by atoms with Gasteiger partial charge in [-0.15, -0.1) is 11.3 Å². The predicted molar refractivity (Wildman–Crippen MR) is 71.1 cm³/mol. The van der Waals surface area contributed by atoms with Crippen molar-refractivity contribution in [3.63, 3.8) is 0 Å². The summed E-state index contributed by atoms with van der Waals surface area (Å²) in [6.45, 7) is 2.20. The van der Waals surface area contributed by atoms with Gasteiger partial charge in [0.15, 0.2) is 0 Å². The van der Waals surface area contributed by atoms with Gasteiger partial charge in [0.05, 0.1) is 0 Å². The van der Waals surface area contributed by atoms with Crippen LogP contribution >= 0.6 is 11.3 Å². The lowest BCUT2D eigenvalue weighted by molar-refractivity contribution is 0.686. The molecule has 0 amide bonds. The van der Waals surface area contributed by atoms with E-state index >= 15 is 0 Å². The molecule has 1 heteroatoms. The van der Waals surface area contributed by atoms with Gasteiger partial charge in [-0.05, 0) is 66.3 Å². The summed E-state index contributed by atoms with van der Waals surface area (Å²) in [5.41, 5.74) is 5.97. The molecule has 1 aliphatic rings. The second-order valence-electron chi connectivity index (χ2n) is 4.62. The van der Waals surface area contributed by atoms with E-state index in [-0.39, 0.29) is 0 Å². The predicted octanol–water partition coefficient (Wildman–Crippen LogP) is 4.60. The smallest absolute Gasteiger partial charge is 0.0371 e. The van der Waals surface area contributed by atoms with Crippen molar-refractivity contribution < 1.29 is 0 Å².